The van der Waals surface area contributed by atoms with Crippen LogP contribution >= 0.6 is 34.8 Å². The van der Waals surface area contributed by atoms with E-state index in [0.29, 0.717) is 10.0 Å². The van der Waals surface area contributed by atoms with Gasteiger partial charge in [0.2, 0.25) is 0 Å². The SMILES string of the molecule is CNC(c1ccc(F)c(Cl)c1)c1ccc(Cl)cc1Cl. The molecule has 0 aromatic heterocycles. The summed E-state index contributed by atoms with van der Waals surface area (Å²) in [6, 6.07) is 9.69. The molecule has 0 fully saturated rings. The van der Waals surface area contributed by atoms with E-state index in [-0.39, 0.29) is 11.1 Å². The second-order valence-electron chi connectivity index (χ2n) is 4.06. The lowest BCUT2D eigenvalue weighted by Gasteiger charge is -2.19. The van der Waals surface area contributed by atoms with Gasteiger partial charge in [0.15, 0.2) is 0 Å². The number of rotatable bonds is 3. The zero-order chi connectivity index (χ0) is 14.0. The molecule has 19 heavy (non-hydrogen) atoms. The summed E-state index contributed by atoms with van der Waals surface area (Å²) in [7, 11) is 1.80. The third-order valence-electron chi connectivity index (χ3n) is 2.84. The van der Waals surface area contributed by atoms with Crippen molar-refractivity contribution in [3.05, 3.63) is 68.4 Å². The number of nitrogens with one attached hydrogen (secondary N) is 1. The quantitative estimate of drug-likeness (QED) is 0.830. The van der Waals surface area contributed by atoms with Crippen molar-refractivity contribution < 1.29 is 4.39 Å². The van der Waals surface area contributed by atoms with Crippen LogP contribution < -0.4 is 5.32 Å². The predicted molar refractivity (Wildman–Crippen MR) is 78.8 cm³/mol. The molecule has 0 spiro atoms. The van der Waals surface area contributed by atoms with Gasteiger partial charge in [-0.25, -0.2) is 4.39 Å². The van der Waals surface area contributed by atoms with Crippen LogP contribution in [0.3, 0.4) is 0 Å². The molecule has 0 amide bonds. The van der Waals surface area contributed by atoms with Crippen molar-refractivity contribution >= 4 is 34.8 Å². The second-order valence-corrected chi connectivity index (χ2v) is 5.31. The van der Waals surface area contributed by atoms with E-state index in [1.54, 1.807) is 31.3 Å². The van der Waals surface area contributed by atoms with E-state index >= 15 is 0 Å². The third-order valence-corrected chi connectivity index (χ3v) is 3.69. The molecule has 2 aromatic rings. The van der Waals surface area contributed by atoms with Crippen molar-refractivity contribution in [2.24, 2.45) is 0 Å². The van der Waals surface area contributed by atoms with Crippen LogP contribution in [0.15, 0.2) is 36.4 Å². The van der Waals surface area contributed by atoms with Gasteiger partial charge in [-0.3, -0.25) is 0 Å². The summed E-state index contributed by atoms with van der Waals surface area (Å²) >= 11 is 17.9. The fourth-order valence-corrected chi connectivity index (χ4v) is 2.64. The van der Waals surface area contributed by atoms with Crippen molar-refractivity contribution in [2.75, 3.05) is 7.05 Å². The lowest BCUT2D eigenvalue weighted by Crippen LogP contribution is -2.18. The average Bonchev–Trinajstić information content (AvgIpc) is 2.37. The molecule has 0 radical (unpaired) electrons. The fourth-order valence-electron chi connectivity index (χ4n) is 1.93. The van der Waals surface area contributed by atoms with Crippen LogP contribution in [0, 0.1) is 5.82 Å². The summed E-state index contributed by atoms with van der Waals surface area (Å²) in [6.07, 6.45) is 0. The molecule has 0 saturated carbocycles. The Balaban J connectivity index is 2.46. The highest BCUT2D eigenvalue weighted by atomic mass is 35.5. The fraction of sp³-hybridized carbons (Fsp3) is 0.143. The minimum Gasteiger partial charge on any atom is -0.309 e. The molecule has 2 aromatic carbocycles. The zero-order valence-corrected chi connectivity index (χ0v) is 12.3. The van der Waals surface area contributed by atoms with E-state index in [9.17, 15) is 4.39 Å². The first kappa shape index (κ1) is 14.6. The van der Waals surface area contributed by atoms with Gasteiger partial charge in [0.1, 0.15) is 5.82 Å². The van der Waals surface area contributed by atoms with Gasteiger partial charge in [0.25, 0.3) is 0 Å². The highest BCUT2D eigenvalue weighted by Crippen LogP contribution is 2.31. The second kappa shape index (κ2) is 6.10. The van der Waals surface area contributed by atoms with Crippen LogP contribution in [0.25, 0.3) is 0 Å². The van der Waals surface area contributed by atoms with Gasteiger partial charge in [-0.15, -0.1) is 0 Å². The molecule has 1 N–H and O–H groups in total. The van der Waals surface area contributed by atoms with Gasteiger partial charge >= 0.3 is 0 Å². The summed E-state index contributed by atoms with van der Waals surface area (Å²) in [6.45, 7) is 0. The number of benzene rings is 2. The minimum atomic E-state index is -0.442. The molecule has 0 bridgehead atoms. The monoisotopic (exact) mass is 317 g/mol. The van der Waals surface area contributed by atoms with E-state index in [0.717, 1.165) is 11.1 Å². The molecule has 0 aliphatic carbocycles. The van der Waals surface area contributed by atoms with Crippen LogP contribution in [-0.2, 0) is 0 Å². The van der Waals surface area contributed by atoms with Gasteiger partial charge in [-0.1, -0.05) is 46.9 Å². The molecular weight excluding hydrogens is 308 g/mol. The Kier molecular flexibility index (Phi) is 4.69. The first-order valence-electron chi connectivity index (χ1n) is 5.60. The number of hydrogen-bond donors (Lipinski definition) is 1. The van der Waals surface area contributed by atoms with Gasteiger partial charge in [-0.05, 0) is 42.4 Å². The maximum atomic E-state index is 13.2. The van der Waals surface area contributed by atoms with Gasteiger partial charge < -0.3 is 5.32 Å². The topological polar surface area (TPSA) is 12.0 Å². The number of halogens is 4. The van der Waals surface area contributed by atoms with Crippen LogP contribution in [-0.4, -0.2) is 7.05 Å². The lowest BCUT2D eigenvalue weighted by molar-refractivity contribution is 0.624. The van der Waals surface area contributed by atoms with E-state index in [4.69, 9.17) is 34.8 Å². The largest absolute Gasteiger partial charge is 0.309 e. The van der Waals surface area contributed by atoms with E-state index in [2.05, 4.69) is 5.32 Å². The first-order chi connectivity index (χ1) is 9.02. The molecule has 0 aliphatic heterocycles. The van der Waals surface area contributed by atoms with Crippen LogP contribution in [0.5, 0.6) is 0 Å². The van der Waals surface area contributed by atoms with Gasteiger partial charge in [0.05, 0.1) is 11.1 Å². The smallest absolute Gasteiger partial charge is 0.141 e. The summed E-state index contributed by atoms with van der Waals surface area (Å²) in [4.78, 5) is 0. The standard InChI is InChI=1S/C14H11Cl3FN/c1-19-14(8-2-5-13(18)12(17)6-8)10-4-3-9(15)7-11(10)16/h2-7,14,19H,1H3. The Bertz CT molecular complexity index is 601. The van der Waals surface area contributed by atoms with Crippen LogP contribution in [0.1, 0.15) is 17.2 Å². The molecule has 5 heteroatoms. The molecule has 0 aliphatic rings. The van der Waals surface area contributed by atoms with Gasteiger partial charge in [-0.2, -0.15) is 0 Å². The molecule has 1 nitrogen and oxygen atoms in total. The molecule has 1 atom stereocenters. The highest BCUT2D eigenvalue weighted by molar-refractivity contribution is 6.35. The molecule has 100 valence electrons. The van der Waals surface area contributed by atoms with E-state index in [1.165, 1.54) is 6.07 Å². The summed E-state index contributed by atoms with van der Waals surface area (Å²) in [5.41, 5.74) is 1.69. The minimum absolute atomic E-state index is 0.0860. The van der Waals surface area contributed by atoms with Crippen molar-refractivity contribution in [1.82, 2.24) is 5.32 Å². The Hall–Kier alpha value is -0.800. The summed E-state index contributed by atoms with van der Waals surface area (Å²) in [5.74, 6) is -0.442. The first-order valence-corrected chi connectivity index (χ1v) is 6.73. The average molecular weight is 319 g/mol. The summed E-state index contributed by atoms with van der Waals surface area (Å²) < 4.78 is 13.2. The Morgan fingerprint density at radius 1 is 1.00 bits per heavy atom. The maximum Gasteiger partial charge on any atom is 0.141 e. The van der Waals surface area contributed by atoms with E-state index < -0.39 is 5.82 Å². The zero-order valence-electron chi connectivity index (χ0n) is 10.1. The molecule has 0 heterocycles. The molecule has 1 unspecified atom stereocenters. The van der Waals surface area contributed by atoms with Crippen molar-refractivity contribution in [1.29, 1.82) is 0 Å². The normalized spacial score (nSPS) is 12.5. The number of hydrogen-bond acceptors (Lipinski definition) is 1. The lowest BCUT2D eigenvalue weighted by atomic mass is 9.99. The Labute approximate surface area is 126 Å². The van der Waals surface area contributed by atoms with Crippen LogP contribution in [0.4, 0.5) is 4.39 Å². The predicted octanol–water partition coefficient (Wildman–Crippen LogP) is 5.09. The van der Waals surface area contributed by atoms with Crippen molar-refractivity contribution in [3.63, 3.8) is 0 Å². The summed E-state index contributed by atoms with van der Waals surface area (Å²) in [5, 5.41) is 4.34. The Morgan fingerprint density at radius 3 is 2.32 bits per heavy atom. The molecule has 2 rings (SSSR count). The van der Waals surface area contributed by atoms with Gasteiger partial charge in [0, 0.05) is 10.0 Å². The van der Waals surface area contributed by atoms with Crippen molar-refractivity contribution in [2.45, 2.75) is 6.04 Å². The maximum absolute atomic E-state index is 13.2. The van der Waals surface area contributed by atoms with Crippen LogP contribution in [0.2, 0.25) is 15.1 Å². The van der Waals surface area contributed by atoms with Crippen molar-refractivity contribution in [3.8, 4) is 0 Å². The molecular formula is C14H11Cl3FN. The Morgan fingerprint density at radius 2 is 1.74 bits per heavy atom. The molecule has 0 saturated heterocycles. The van der Waals surface area contributed by atoms with E-state index in [1.807, 2.05) is 6.07 Å². The highest BCUT2D eigenvalue weighted by Gasteiger charge is 2.16. The third kappa shape index (κ3) is 3.21.